The van der Waals surface area contributed by atoms with E-state index < -0.39 is 0 Å². The summed E-state index contributed by atoms with van der Waals surface area (Å²) in [6.07, 6.45) is 4.05. The van der Waals surface area contributed by atoms with E-state index in [1.807, 2.05) is 18.2 Å². The molecule has 0 amide bonds. The van der Waals surface area contributed by atoms with Gasteiger partial charge in [0.1, 0.15) is 5.76 Å². The quantitative estimate of drug-likeness (QED) is 0.693. The van der Waals surface area contributed by atoms with Crippen LogP contribution in [0, 0.1) is 0 Å². The number of halogens is 2. The number of ketones is 1. The number of hydrogen-bond acceptors (Lipinski definition) is 3. The van der Waals surface area contributed by atoms with Crippen LogP contribution in [0.25, 0.3) is 0 Å². The number of fused-ring (bicyclic) bond motifs is 1. The van der Waals surface area contributed by atoms with Gasteiger partial charge in [0.05, 0.1) is 21.7 Å². The highest BCUT2D eigenvalue weighted by atomic mass is 35.5. The zero-order valence-corrected chi connectivity index (χ0v) is 16.2. The maximum Gasteiger partial charge on any atom is 0.168 e. The molecule has 3 nitrogen and oxygen atoms in total. The number of allylic oxidation sites excluding steroid dienone is 2. The second kappa shape index (κ2) is 7.49. The third-order valence-electron chi connectivity index (χ3n) is 5.34. The van der Waals surface area contributed by atoms with E-state index in [0.717, 1.165) is 18.4 Å². The van der Waals surface area contributed by atoms with Crippen molar-refractivity contribution in [2.45, 2.75) is 37.6 Å². The summed E-state index contributed by atoms with van der Waals surface area (Å²) in [4.78, 5) is 17.2. The summed E-state index contributed by atoms with van der Waals surface area (Å²) in [6.45, 7) is 0. The summed E-state index contributed by atoms with van der Waals surface area (Å²) in [5, 5.41) is 11.4. The molecule has 2 aliphatic carbocycles. The van der Waals surface area contributed by atoms with Crippen LogP contribution in [0.5, 0.6) is 0 Å². The summed E-state index contributed by atoms with van der Waals surface area (Å²) in [7, 11) is 0. The lowest BCUT2D eigenvalue weighted by molar-refractivity contribution is -0.116. The molecular formula is C22H19Cl2NO2. The monoisotopic (exact) mass is 399 g/mol. The second-order valence-electron chi connectivity index (χ2n) is 7.17. The number of carbonyl (C=O) groups excluding carboxylic acids is 1. The standard InChI is InChI=1S/C22H19Cl2NO2/c23-19-6-5-15(9-20(19)24)16-10-21(26)18(22(27)11-16)12-25-17-7-13-3-1-2-4-14(13)8-17/h1-6,9,12,16-17,26H,7-8,10-11H2. The van der Waals surface area contributed by atoms with Crippen LogP contribution < -0.4 is 0 Å². The maximum atomic E-state index is 12.6. The summed E-state index contributed by atoms with van der Waals surface area (Å²) >= 11 is 12.0. The summed E-state index contributed by atoms with van der Waals surface area (Å²) < 4.78 is 0. The minimum Gasteiger partial charge on any atom is -0.511 e. The van der Waals surface area contributed by atoms with Crippen molar-refractivity contribution < 1.29 is 9.90 Å². The number of benzene rings is 2. The number of rotatable bonds is 3. The first kappa shape index (κ1) is 18.3. The van der Waals surface area contributed by atoms with Gasteiger partial charge in [-0.05, 0) is 47.6 Å². The zero-order chi connectivity index (χ0) is 19.0. The molecule has 27 heavy (non-hydrogen) atoms. The molecule has 2 aliphatic rings. The molecule has 0 aliphatic heterocycles. The number of Topliss-reactive ketones (excluding diaryl/α,β-unsaturated/α-hetero) is 1. The number of aliphatic hydroxyl groups is 1. The van der Waals surface area contributed by atoms with E-state index in [1.165, 1.54) is 11.1 Å². The van der Waals surface area contributed by atoms with E-state index in [4.69, 9.17) is 23.2 Å². The SMILES string of the molecule is O=C1CC(c2ccc(Cl)c(Cl)c2)CC(O)=C1C=NC1Cc2ccccc2C1. The van der Waals surface area contributed by atoms with Gasteiger partial charge in [-0.25, -0.2) is 0 Å². The van der Waals surface area contributed by atoms with Crippen molar-refractivity contribution in [3.05, 3.63) is 80.5 Å². The summed E-state index contributed by atoms with van der Waals surface area (Å²) in [6, 6.07) is 13.8. The molecule has 0 bridgehead atoms. The number of aliphatic imine (C=N–C) groups is 1. The van der Waals surface area contributed by atoms with Crippen LogP contribution >= 0.6 is 23.2 Å². The Morgan fingerprint density at radius 2 is 1.67 bits per heavy atom. The van der Waals surface area contributed by atoms with Crippen molar-refractivity contribution in [3.63, 3.8) is 0 Å². The molecule has 0 fully saturated rings. The Hall–Kier alpha value is -2.10. The molecule has 0 saturated heterocycles. The number of carbonyl (C=O) groups is 1. The van der Waals surface area contributed by atoms with Gasteiger partial charge < -0.3 is 5.11 Å². The Balaban J connectivity index is 1.49. The topological polar surface area (TPSA) is 49.7 Å². The Morgan fingerprint density at radius 3 is 2.30 bits per heavy atom. The van der Waals surface area contributed by atoms with Crippen molar-refractivity contribution >= 4 is 35.2 Å². The van der Waals surface area contributed by atoms with E-state index in [-0.39, 0.29) is 23.5 Å². The van der Waals surface area contributed by atoms with Gasteiger partial charge in [0.2, 0.25) is 0 Å². The third kappa shape index (κ3) is 3.80. The van der Waals surface area contributed by atoms with Gasteiger partial charge >= 0.3 is 0 Å². The van der Waals surface area contributed by atoms with E-state index in [1.54, 1.807) is 18.3 Å². The molecule has 0 radical (unpaired) electrons. The van der Waals surface area contributed by atoms with Crippen LogP contribution in [0.2, 0.25) is 10.0 Å². The van der Waals surface area contributed by atoms with E-state index in [0.29, 0.717) is 28.5 Å². The minimum atomic E-state index is -0.0971. The molecule has 1 N–H and O–H groups in total. The number of nitrogens with zero attached hydrogens (tertiary/aromatic N) is 1. The van der Waals surface area contributed by atoms with Gasteiger partial charge in [0, 0.05) is 19.1 Å². The first-order chi connectivity index (χ1) is 13.0. The molecule has 4 rings (SSSR count). The Bertz CT molecular complexity index is 940. The highest BCUT2D eigenvalue weighted by Gasteiger charge is 2.28. The Kier molecular flexibility index (Phi) is 5.07. The van der Waals surface area contributed by atoms with Gasteiger partial charge in [0.25, 0.3) is 0 Å². The van der Waals surface area contributed by atoms with Gasteiger partial charge in [-0.15, -0.1) is 0 Å². The lowest BCUT2D eigenvalue weighted by Gasteiger charge is -2.22. The fourth-order valence-electron chi connectivity index (χ4n) is 3.88. The van der Waals surface area contributed by atoms with Gasteiger partial charge in [0.15, 0.2) is 5.78 Å². The maximum absolute atomic E-state index is 12.6. The normalized spacial score (nSPS) is 20.5. The molecule has 5 heteroatoms. The first-order valence-corrected chi connectivity index (χ1v) is 9.77. The number of hydrogen-bond donors (Lipinski definition) is 1. The lowest BCUT2D eigenvalue weighted by atomic mass is 9.83. The molecule has 0 spiro atoms. The number of aliphatic hydroxyl groups excluding tert-OH is 1. The molecule has 2 aromatic carbocycles. The van der Waals surface area contributed by atoms with Crippen LogP contribution in [0.15, 0.2) is 58.8 Å². The molecule has 1 unspecified atom stereocenters. The Labute approximate surface area is 168 Å². The zero-order valence-electron chi connectivity index (χ0n) is 14.7. The lowest BCUT2D eigenvalue weighted by Crippen LogP contribution is -2.20. The van der Waals surface area contributed by atoms with Crippen LogP contribution in [0.4, 0.5) is 0 Å². The van der Waals surface area contributed by atoms with Gasteiger partial charge in [-0.2, -0.15) is 0 Å². The van der Waals surface area contributed by atoms with Crippen molar-refractivity contribution in [2.75, 3.05) is 0 Å². The van der Waals surface area contributed by atoms with E-state index in [2.05, 4.69) is 17.1 Å². The van der Waals surface area contributed by atoms with Crippen LogP contribution in [0.3, 0.4) is 0 Å². The fourth-order valence-corrected chi connectivity index (χ4v) is 4.19. The summed E-state index contributed by atoms with van der Waals surface area (Å²) in [5.74, 6) is -0.0872. The molecule has 138 valence electrons. The molecule has 0 aromatic heterocycles. The predicted octanol–water partition coefficient (Wildman–Crippen LogP) is 5.49. The average Bonchev–Trinajstić information content (AvgIpc) is 3.06. The molecule has 1 atom stereocenters. The van der Waals surface area contributed by atoms with Crippen molar-refractivity contribution in [3.8, 4) is 0 Å². The second-order valence-corrected chi connectivity index (χ2v) is 7.99. The van der Waals surface area contributed by atoms with Crippen LogP contribution in [0.1, 0.15) is 35.4 Å². The summed E-state index contributed by atoms with van der Waals surface area (Å²) in [5.41, 5.74) is 3.87. The minimum absolute atomic E-state index is 0.0888. The van der Waals surface area contributed by atoms with Crippen molar-refractivity contribution in [1.29, 1.82) is 0 Å². The van der Waals surface area contributed by atoms with E-state index >= 15 is 0 Å². The van der Waals surface area contributed by atoms with Crippen molar-refractivity contribution in [1.82, 2.24) is 0 Å². The highest BCUT2D eigenvalue weighted by molar-refractivity contribution is 6.42. The van der Waals surface area contributed by atoms with Crippen LogP contribution in [-0.4, -0.2) is 23.1 Å². The van der Waals surface area contributed by atoms with Gasteiger partial charge in [-0.1, -0.05) is 53.5 Å². The Morgan fingerprint density at radius 1 is 0.963 bits per heavy atom. The molecular weight excluding hydrogens is 381 g/mol. The van der Waals surface area contributed by atoms with Crippen molar-refractivity contribution in [2.24, 2.45) is 4.99 Å². The van der Waals surface area contributed by atoms with Crippen LogP contribution in [-0.2, 0) is 17.6 Å². The smallest absolute Gasteiger partial charge is 0.168 e. The fraction of sp³-hybridized carbons (Fsp3) is 0.273. The largest absolute Gasteiger partial charge is 0.511 e. The highest BCUT2D eigenvalue weighted by Crippen LogP contribution is 2.36. The first-order valence-electron chi connectivity index (χ1n) is 9.01. The molecule has 0 heterocycles. The molecule has 2 aromatic rings. The predicted molar refractivity (Wildman–Crippen MR) is 109 cm³/mol. The van der Waals surface area contributed by atoms with Gasteiger partial charge in [-0.3, -0.25) is 9.79 Å². The molecule has 0 saturated carbocycles. The third-order valence-corrected chi connectivity index (χ3v) is 6.08. The van der Waals surface area contributed by atoms with E-state index in [9.17, 15) is 9.90 Å². The average molecular weight is 400 g/mol.